The van der Waals surface area contributed by atoms with Crippen LogP contribution < -0.4 is 10.1 Å². The van der Waals surface area contributed by atoms with Crippen molar-refractivity contribution in [3.05, 3.63) is 58.9 Å². The molecule has 0 fully saturated rings. The molecular weight excluding hydrogens is 301 g/mol. The molecule has 2 aromatic carbocycles. The van der Waals surface area contributed by atoms with Crippen molar-refractivity contribution in [1.82, 2.24) is 0 Å². The van der Waals surface area contributed by atoms with Crippen LogP contribution in [0.4, 0.5) is 10.1 Å². The van der Waals surface area contributed by atoms with E-state index >= 15 is 0 Å². The molecule has 0 bridgehead atoms. The van der Waals surface area contributed by atoms with Gasteiger partial charge in [-0.05, 0) is 30.7 Å². The Balaban J connectivity index is 2.08. The summed E-state index contributed by atoms with van der Waals surface area (Å²) in [6.07, 6.45) is 0. The highest BCUT2D eigenvalue weighted by Crippen LogP contribution is 2.26. The van der Waals surface area contributed by atoms with Gasteiger partial charge >= 0.3 is 0 Å². The summed E-state index contributed by atoms with van der Waals surface area (Å²) < 4.78 is 18.7. The van der Waals surface area contributed by atoms with Crippen molar-refractivity contribution in [2.24, 2.45) is 0 Å². The molecular formula is C17H18FNO4. The number of amides is 1. The lowest BCUT2D eigenvalue weighted by atomic mass is 10.1. The van der Waals surface area contributed by atoms with Crippen LogP contribution in [0, 0.1) is 12.7 Å². The highest BCUT2D eigenvalue weighted by Gasteiger charge is 2.14. The second kappa shape index (κ2) is 7.71. The van der Waals surface area contributed by atoms with Gasteiger partial charge in [0.1, 0.15) is 11.6 Å². The van der Waals surface area contributed by atoms with Crippen molar-refractivity contribution >= 4 is 11.6 Å². The molecule has 0 saturated heterocycles. The van der Waals surface area contributed by atoms with Crippen molar-refractivity contribution in [1.29, 1.82) is 0 Å². The van der Waals surface area contributed by atoms with E-state index in [-0.39, 0.29) is 23.5 Å². The molecule has 3 N–H and O–H groups in total. The van der Waals surface area contributed by atoms with Crippen molar-refractivity contribution < 1.29 is 24.1 Å². The van der Waals surface area contributed by atoms with E-state index in [2.05, 4.69) is 5.32 Å². The number of aliphatic hydroxyl groups is 2. The third-order valence-electron chi connectivity index (χ3n) is 3.31. The van der Waals surface area contributed by atoms with Gasteiger partial charge in [0.05, 0.1) is 13.2 Å². The molecule has 122 valence electrons. The van der Waals surface area contributed by atoms with E-state index in [9.17, 15) is 19.4 Å². The molecule has 5 nitrogen and oxygen atoms in total. The third-order valence-corrected chi connectivity index (χ3v) is 3.31. The molecule has 2 rings (SSSR count). The minimum atomic E-state index is -0.588. The molecule has 0 aliphatic heterocycles. The van der Waals surface area contributed by atoms with E-state index in [1.165, 1.54) is 0 Å². The molecule has 0 radical (unpaired) electrons. The largest absolute Gasteiger partial charge is 0.483 e. The number of aryl methyl sites for hydroxylation is 1. The van der Waals surface area contributed by atoms with Crippen LogP contribution >= 0.6 is 0 Å². The highest BCUT2D eigenvalue weighted by molar-refractivity contribution is 5.92. The van der Waals surface area contributed by atoms with Crippen molar-refractivity contribution in [3.63, 3.8) is 0 Å². The first-order valence-corrected chi connectivity index (χ1v) is 7.06. The van der Waals surface area contributed by atoms with Crippen LogP contribution in [0.15, 0.2) is 36.4 Å². The average molecular weight is 319 g/mol. The molecule has 0 aliphatic carbocycles. The maximum absolute atomic E-state index is 13.4. The van der Waals surface area contributed by atoms with Crippen LogP contribution in [0.5, 0.6) is 5.75 Å². The fraction of sp³-hybridized carbons (Fsp3) is 0.235. The smallest absolute Gasteiger partial charge is 0.262 e. The van der Waals surface area contributed by atoms with Crippen LogP contribution in [0.3, 0.4) is 0 Å². The van der Waals surface area contributed by atoms with Gasteiger partial charge in [-0.1, -0.05) is 18.2 Å². The van der Waals surface area contributed by atoms with E-state index in [4.69, 9.17) is 4.74 Å². The topological polar surface area (TPSA) is 78.8 Å². The summed E-state index contributed by atoms with van der Waals surface area (Å²) in [4.78, 5) is 12.0. The summed E-state index contributed by atoms with van der Waals surface area (Å²) in [5.41, 5.74) is 1.94. The second-order valence-electron chi connectivity index (χ2n) is 5.02. The quantitative estimate of drug-likeness (QED) is 0.762. The summed E-state index contributed by atoms with van der Waals surface area (Å²) in [7, 11) is 0. The van der Waals surface area contributed by atoms with Crippen LogP contribution in [0.2, 0.25) is 0 Å². The Hall–Kier alpha value is -2.44. The summed E-state index contributed by atoms with van der Waals surface area (Å²) in [6, 6.07) is 9.51. The Morgan fingerprint density at radius 2 is 1.78 bits per heavy atom. The number of nitrogens with one attached hydrogen (secondary N) is 1. The van der Waals surface area contributed by atoms with Crippen LogP contribution in [-0.2, 0) is 18.0 Å². The van der Waals surface area contributed by atoms with Crippen molar-refractivity contribution in [3.8, 4) is 5.75 Å². The van der Waals surface area contributed by atoms with Gasteiger partial charge in [-0.3, -0.25) is 4.79 Å². The first-order valence-electron chi connectivity index (χ1n) is 7.06. The number of benzene rings is 2. The number of carbonyl (C=O) groups is 1. The monoisotopic (exact) mass is 319 g/mol. The highest BCUT2D eigenvalue weighted by atomic mass is 19.1. The number of hydrogen-bond donors (Lipinski definition) is 3. The summed E-state index contributed by atoms with van der Waals surface area (Å²) in [6.45, 7) is 0.628. The van der Waals surface area contributed by atoms with Crippen LogP contribution in [0.1, 0.15) is 16.7 Å². The van der Waals surface area contributed by atoms with Crippen LogP contribution in [0.25, 0.3) is 0 Å². The Morgan fingerprint density at radius 1 is 1.17 bits per heavy atom. The first kappa shape index (κ1) is 16.9. The van der Waals surface area contributed by atoms with Crippen molar-refractivity contribution in [2.75, 3.05) is 11.9 Å². The predicted molar refractivity (Wildman–Crippen MR) is 83.5 cm³/mol. The zero-order valence-electron chi connectivity index (χ0n) is 12.7. The molecule has 23 heavy (non-hydrogen) atoms. The van der Waals surface area contributed by atoms with Gasteiger partial charge < -0.3 is 20.3 Å². The number of rotatable bonds is 6. The molecule has 0 heterocycles. The Labute approximate surface area is 133 Å². The molecule has 0 unspecified atom stereocenters. The van der Waals surface area contributed by atoms with Crippen LogP contribution in [-0.4, -0.2) is 22.7 Å². The molecule has 0 spiro atoms. The zero-order chi connectivity index (χ0) is 16.8. The van der Waals surface area contributed by atoms with E-state index < -0.39 is 24.9 Å². The fourth-order valence-corrected chi connectivity index (χ4v) is 2.17. The lowest BCUT2D eigenvalue weighted by molar-refractivity contribution is -0.118. The van der Waals surface area contributed by atoms with Gasteiger partial charge in [-0.2, -0.15) is 0 Å². The maximum atomic E-state index is 13.4. The molecule has 0 aromatic heterocycles. The van der Waals surface area contributed by atoms with Gasteiger partial charge in [-0.15, -0.1) is 0 Å². The van der Waals surface area contributed by atoms with Gasteiger partial charge in [0.25, 0.3) is 5.91 Å². The number of carbonyl (C=O) groups excluding carboxylic acids is 1. The van der Waals surface area contributed by atoms with E-state index in [0.29, 0.717) is 5.69 Å². The zero-order valence-corrected chi connectivity index (χ0v) is 12.7. The van der Waals surface area contributed by atoms with Gasteiger partial charge in [0.15, 0.2) is 6.61 Å². The fourth-order valence-electron chi connectivity index (χ4n) is 2.17. The van der Waals surface area contributed by atoms with Gasteiger partial charge in [0, 0.05) is 16.8 Å². The Kier molecular flexibility index (Phi) is 5.67. The van der Waals surface area contributed by atoms with Crippen molar-refractivity contribution in [2.45, 2.75) is 20.1 Å². The lowest BCUT2D eigenvalue weighted by Crippen LogP contribution is -2.21. The Bertz CT molecular complexity index is 678. The second-order valence-corrected chi connectivity index (χ2v) is 5.02. The normalized spacial score (nSPS) is 10.4. The summed E-state index contributed by atoms with van der Waals surface area (Å²) >= 11 is 0. The van der Waals surface area contributed by atoms with E-state index in [0.717, 1.165) is 17.7 Å². The minimum absolute atomic E-state index is 0.122. The van der Waals surface area contributed by atoms with E-state index in [1.807, 2.05) is 19.1 Å². The Morgan fingerprint density at radius 3 is 2.35 bits per heavy atom. The van der Waals surface area contributed by atoms with Gasteiger partial charge in [0.2, 0.25) is 0 Å². The maximum Gasteiger partial charge on any atom is 0.262 e. The predicted octanol–water partition coefficient (Wildman–Crippen LogP) is 2.14. The average Bonchev–Trinajstić information content (AvgIpc) is 2.54. The molecule has 1 amide bonds. The lowest BCUT2D eigenvalue weighted by Gasteiger charge is -2.14. The number of halogens is 1. The number of para-hydroxylation sites is 1. The molecule has 0 saturated carbocycles. The third kappa shape index (κ3) is 4.28. The SMILES string of the molecule is Cc1ccccc1NC(=O)COc1c(CO)cc(F)cc1CO. The van der Waals surface area contributed by atoms with Gasteiger partial charge in [-0.25, -0.2) is 4.39 Å². The number of ether oxygens (including phenoxy) is 1. The number of hydrogen-bond acceptors (Lipinski definition) is 4. The molecule has 2 aromatic rings. The molecule has 0 aliphatic rings. The molecule has 0 atom stereocenters. The first-order chi connectivity index (χ1) is 11.0. The van der Waals surface area contributed by atoms with E-state index in [1.54, 1.807) is 12.1 Å². The summed E-state index contributed by atoms with van der Waals surface area (Å²) in [5, 5.41) is 21.2. The summed E-state index contributed by atoms with van der Waals surface area (Å²) in [5.74, 6) is -0.859. The number of aliphatic hydroxyl groups excluding tert-OH is 2. The minimum Gasteiger partial charge on any atom is -0.483 e. The molecule has 6 heteroatoms. The number of anilines is 1. The standard InChI is InChI=1S/C17H18FNO4/c1-11-4-2-3-5-15(11)19-16(22)10-23-17-12(8-20)6-14(18)7-13(17)9-21/h2-7,20-21H,8-10H2,1H3,(H,19,22).